The van der Waals surface area contributed by atoms with E-state index in [1.165, 1.54) is 38.0 Å². The van der Waals surface area contributed by atoms with Gasteiger partial charge in [-0.1, -0.05) is 11.2 Å². The van der Waals surface area contributed by atoms with Crippen molar-refractivity contribution in [3.63, 3.8) is 0 Å². The summed E-state index contributed by atoms with van der Waals surface area (Å²) in [6.07, 6.45) is 2.81. The topological polar surface area (TPSA) is 174 Å². The van der Waals surface area contributed by atoms with Crippen molar-refractivity contribution in [3.8, 4) is 22.3 Å². The van der Waals surface area contributed by atoms with E-state index >= 15 is 0 Å². The van der Waals surface area contributed by atoms with Crippen molar-refractivity contribution >= 4 is 53.3 Å². The molecule has 2 fully saturated rings. The summed E-state index contributed by atoms with van der Waals surface area (Å²) in [4.78, 5) is 37.0. The van der Waals surface area contributed by atoms with E-state index in [1.54, 1.807) is 12.1 Å². The number of methoxy groups -OCH3 is 2. The van der Waals surface area contributed by atoms with Crippen molar-refractivity contribution in [2.45, 2.75) is 0 Å². The first kappa shape index (κ1) is 33.4. The van der Waals surface area contributed by atoms with E-state index in [1.807, 2.05) is 22.4 Å². The number of carbonyl (C=O) groups is 2. The fraction of sp³-hybridized carbons (Fsp3) is 0.357. The van der Waals surface area contributed by atoms with Crippen LogP contribution in [0.1, 0.15) is 20.7 Å². The van der Waals surface area contributed by atoms with Gasteiger partial charge in [0.1, 0.15) is 34.3 Å². The van der Waals surface area contributed by atoms with Gasteiger partial charge < -0.3 is 38.3 Å². The first-order valence-corrected chi connectivity index (χ1v) is 14.5. The number of amides is 1. The van der Waals surface area contributed by atoms with Crippen LogP contribution in [0, 0.1) is 0 Å². The third kappa shape index (κ3) is 8.36. The summed E-state index contributed by atoms with van der Waals surface area (Å²) in [6, 6.07) is 7.15. The van der Waals surface area contributed by atoms with Crippen molar-refractivity contribution < 1.29 is 38.1 Å². The summed E-state index contributed by atoms with van der Waals surface area (Å²) in [7, 11) is 2.96. The number of carboxylic acids is 1. The first-order valence-electron chi connectivity index (χ1n) is 13.6. The van der Waals surface area contributed by atoms with Gasteiger partial charge in [0.15, 0.2) is 0 Å². The van der Waals surface area contributed by atoms with Crippen LogP contribution in [0.2, 0.25) is 0 Å². The van der Waals surface area contributed by atoms with Crippen LogP contribution in [0.5, 0.6) is 11.5 Å². The summed E-state index contributed by atoms with van der Waals surface area (Å²) < 4.78 is 26.5. The molecule has 0 bridgehead atoms. The number of carboxylic acid groups (broad SMARTS) is 1. The second-order valence-corrected chi connectivity index (χ2v) is 10.3. The molecule has 0 saturated carbocycles. The summed E-state index contributed by atoms with van der Waals surface area (Å²) in [5, 5.41) is 21.2. The minimum atomic E-state index is -1.04. The van der Waals surface area contributed by atoms with Crippen LogP contribution in [0.15, 0.2) is 46.5 Å². The van der Waals surface area contributed by atoms with Crippen molar-refractivity contribution in [2.24, 2.45) is 0 Å². The number of nitrogens with one attached hydrogen (secondary N) is 1. The Balaban J connectivity index is 0.000000222. The van der Waals surface area contributed by atoms with E-state index in [0.29, 0.717) is 43.8 Å². The number of carbonyl (C=O) groups excluding carboxylic acids is 1. The molecule has 6 heterocycles. The quantitative estimate of drug-likeness (QED) is 0.281. The molecular formula is C28H32ClN7O8S. The van der Waals surface area contributed by atoms with Crippen molar-refractivity contribution in [1.29, 1.82) is 0 Å². The predicted octanol–water partition coefficient (Wildman–Crippen LogP) is 3.34. The molecule has 0 aromatic carbocycles. The van der Waals surface area contributed by atoms with Gasteiger partial charge in [0.2, 0.25) is 0 Å². The van der Waals surface area contributed by atoms with Crippen molar-refractivity contribution in [3.05, 3.63) is 53.2 Å². The number of aromatic carboxylic acids is 1. The Morgan fingerprint density at radius 3 is 1.96 bits per heavy atom. The molecule has 1 amide bonds. The van der Waals surface area contributed by atoms with Gasteiger partial charge in [-0.3, -0.25) is 10.1 Å². The molecule has 0 spiro atoms. The van der Waals surface area contributed by atoms with Crippen LogP contribution >= 0.6 is 23.7 Å². The van der Waals surface area contributed by atoms with Gasteiger partial charge in [0.05, 0.1) is 45.5 Å². The minimum absolute atomic E-state index is 0. The molecule has 2 aliphatic rings. The van der Waals surface area contributed by atoms with Crippen LogP contribution in [0.4, 0.5) is 17.7 Å². The smallest absolute Gasteiger partial charge is 0.341 e. The molecule has 2 saturated heterocycles. The van der Waals surface area contributed by atoms with E-state index in [9.17, 15) is 9.59 Å². The molecule has 4 aromatic heterocycles. The van der Waals surface area contributed by atoms with E-state index in [-0.39, 0.29) is 29.5 Å². The second-order valence-electron chi connectivity index (χ2n) is 9.33. The number of halogens is 1. The summed E-state index contributed by atoms with van der Waals surface area (Å²) in [5.74, 6) is 1.08. The molecule has 6 rings (SSSR count). The molecule has 0 unspecified atom stereocenters. The lowest BCUT2D eigenvalue weighted by atomic mass is 10.2. The first-order chi connectivity index (χ1) is 21.5. The number of hydrogen-bond acceptors (Lipinski definition) is 14. The molecule has 2 aliphatic heterocycles. The number of anilines is 3. The molecule has 0 aliphatic carbocycles. The van der Waals surface area contributed by atoms with Gasteiger partial charge in [-0.05, 0) is 11.4 Å². The zero-order valence-corrected chi connectivity index (χ0v) is 26.1. The highest BCUT2D eigenvalue weighted by atomic mass is 35.5. The minimum Gasteiger partial charge on any atom is -0.496 e. The molecule has 4 aromatic rings. The van der Waals surface area contributed by atoms with Crippen LogP contribution in [-0.4, -0.2) is 104 Å². The Kier molecular flexibility index (Phi) is 11.9. The number of pyridine rings is 2. The van der Waals surface area contributed by atoms with Gasteiger partial charge in [0.25, 0.3) is 11.8 Å². The van der Waals surface area contributed by atoms with Crippen LogP contribution in [0.25, 0.3) is 10.8 Å². The zero-order chi connectivity index (χ0) is 30.9. The molecular weight excluding hydrogens is 630 g/mol. The monoisotopic (exact) mass is 661 g/mol. The summed E-state index contributed by atoms with van der Waals surface area (Å²) in [5.41, 5.74) is 0.356. The average Bonchev–Trinajstić information content (AvgIpc) is 3.78. The van der Waals surface area contributed by atoms with Gasteiger partial charge in [-0.25, -0.2) is 14.8 Å². The SMILES string of the molecule is COc1cc(N2CCOCC2)ncc1C(=O)Nc1nnc(-c2cccs2)o1.COc1cc(N2CCOCC2)ncc1C(=O)O.Cl. The Morgan fingerprint density at radius 2 is 1.44 bits per heavy atom. The third-order valence-electron chi connectivity index (χ3n) is 6.67. The zero-order valence-electron chi connectivity index (χ0n) is 24.5. The normalized spacial score (nSPS) is 14.4. The molecule has 0 atom stereocenters. The molecule has 240 valence electrons. The molecule has 0 radical (unpaired) electrons. The number of hydrogen-bond donors (Lipinski definition) is 2. The van der Waals surface area contributed by atoms with Gasteiger partial charge in [0, 0.05) is 50.7 Å². The number of thiophene rings is 1. The fourth-order valence-corrected chi connectivity index (χ4v) is 5.04. The van der Waals surface area contributed by atoms with E-state index in [2.05, 4.69) is 30.4 Å². The lowest BCUT2D eigenvalue weighted by molar-refractivity contribution is 0.0692. The standard InChI is InChI=1S/C17H17N5O4S.C11H14N2O4.ClH/c1-24-12-9-14(22-4-6-25-7-5-22)18-10-11(12)15(23)19-17-21-20-16(26-17)13-3-2-8-27-13;1-16-9-6-10(12-7-8(9)11(14)15)13-2-4-17-5-3-13;/h2-3,8-10H,4-7H2,1H3,(H,19,21,23);6-7H,2-5H2,1H3,(H,14,15);1H. The highest BCUT2D eigenvalue weighted by molar-refractivity contribution is 7.13. The fourth-order valence-electron chi connectivity index (χ4n) is 4.39. The van der Waals surface area contributed by atoms with Crippen molar-refractivity contribution in [2.75, 3.05) is 81.9 Å². The predicted molar refractivity (Wildman–Crippen MR) is 167 cm³/mol. The highest BCUT2D eigenvalue weighted by Gasteiger charge is 2.21. The van der Waals surface area contributed by atoms with Gasteiger partial charge in [-0.15, -0.1) is 28.8 Å². The lowest BCUT2D eigenvalue weighted by Gasteiger charge is -2.28. The number of rotatable bonds is 8. The second kappa shape index (κ2) is 16.0. The summed E-state index contributed by atoms with van der Waals surface area (Å²) >= 11 is 1.47. The summed E-state index contributed by atoms with van der Waals surface area (Å²) in [6.45, 7) is 5.61. The van der Waals surface area contributed by atoms with Gasteiger partial charge in [-0.2, -0.15) is 0 Å². The average molecular weight is 662 g/mol. The maximum Gasteiger partial charge on any atom is 0.341 e. The molecule has 45 heavy (non-hydrogen) atoms. The van der Waals surface area contributed by atoms with Crippen LogP contribution in [-0.2, 0) is 9.47 Å². The van der Waals surface area contributed by atoms with E-state index < -0.39 is 11.9 Å². The largest absolute Gasteiger partial charge is 0.496 e. The third-order valence-corrected chi connectivity index (χ3v) is 7.52. The van der Waals surface area contributed by atoms with Crippen LogP contribution < -0.4 is 24.6 Å². The highest BCUT2D eigenvalue weighted by Crippen LogP contribution is 2.27. The molecule has 15 nitrogen and oxygen atoms in total. The number of aromatic nitrogens is 4. The number of ether oxygens (including phenoxy) is 4. The maximum absolute atomic E-state index is 12.6. The van der Waals surface area contributed by atoms with Crippen LogP contribution in [0.3, 0.4) is 0 Å². The Bertz CT molecular complexity index is 1560. The lowest BCUT2D eigenvalue weighted by Crippen LogP contribution is -2.36. The molecule has 17 heteroatoms. The van der Waals surface area contributed by atoms with Crippen molar-refractivity contribution in [1.82, 2.24) is 20.2 Å². The Hall–Kier alpha value is -4.51. The van der Waals surface area contributed by atoms with E-state index in [0.717, 1.165) is 42.7 Å². The van der Waals surface area contributed by atoms with Gasteiger partial charge >= 0.3 is 12.0 Å². The Morgan fingerprint density at radius 1 is 0.889 bits per heavy atom. The number of nitrogens with zero attached hydrogens (tertiary/aromatic N) is 6. The van der Waals surface area contributed by atoms with E-state index in [4.69, 9.17) is 28.5 Å². The maximum atomic E-state index is 12.6. The molecule has 2 N–H and O–H groups in total. The number of morpholine rings is 2. The Labute approximate surface area is 268 Å².